The van der Waals surface area contributed by atoms with Crippen LogP contribution in [0.5, 0.6) is 0 Å². The van der Waals surface area contributed by atoms with Crippen molar-refractivity contribution in [1.29, 1.82) is 0 Å². The first kappa shape index (κ1) is 10.1. The van der Waals surface area contributed by atoms with E-state index in [1.165, 1.54) is 6.07 Å². The normalized spacial score (nSPS) is 8.45. The molecule has 0 N–H and O–H groups in total. The third kappa shape index (κ3) is 3.12. The zero-order valence-corrected chi connectivity index (χ0v) is 7.48. The molecule has 0 saturated heterocycles. The van der Waals surface area contributed by atoms with Gasteiger partial charge in [0.2, 0.25) is 5.95 Å². The van der Waals surface area contributed by atoms with Crippen LogP contribution in [0.1, 0.15) is 25.1 Å². The first-order valence-corrected chi connectivity index (χ1v) is 3.80. The Hall–Kier alpha value is -0.920. The van der Waals surface area contributed by atoms with Crippen LogP contribution in [0.4, 0.5) is 4.39 Å². The van der Waals surface area contributed by atoms with E-state index in [0.717, 1.165) is 11.3 Å². The first-order valence-electron chi connectivity index (χ1n) is 3.80. The molecule has 0 amide bonds. The van der Waals surface area contributed by atoms with Crippen LogP contribution in [0, 0.1) is 19.8 Å². The molecular weight excluding hydrogens is 141 g/mol. The second-order valence-corrected chi connectivity index (χ2v) is 2.04. The molecular formula is C9H14FN. The lowest BCUT2D eigenvalue weighted by Crippen LogP contribution is -1.88. The number of rotatable bonds is 0. The van der Waals surface area contributed by atoms with E-state index in [2.05, 4.69) is 4.98 Å². The highest BCUT2D eigenvalue weighted by molar-refractivity contribution is 5.16. The topological polar surface area (TPSA) is 12.9 Å². The van der Waals surface area contributed by atoms with Crippen LogP contribution >= 0.6 is 0 Å². The molecule has 0 atom stereocenters. The van der Waals surface area contributed by atoms with Gasteiger partial charge in [0.15, 0.2) is 0 Å². The first-order chi connectivity index (χ1) is 5.20. The van der Waals surface area contributed by atoms with Gasteiger partial charge in [-0.1, -0.05) is 19.9 Å². The van der Waals surface area contributed by atoms with Gasteiger partial charge in [0, 0.05) is 5.69 Å². The number of aryl methyl sites for hydroxylation is 2. The molecule has 0 aliphatic rings. The fourth-order valence-corrected chi connectivity index (χ4v) is 0.600. The lowest BCUT2D eigenvalue weighted by molar-refractivity contribution is 0.579. The highest BCUT2D eigenvalue weighted by atomic mass is 19.1. The molecule has 62 valence electrons. The Kier molecular flexibility index (Phi) is 4.42. The highest BCUT2D eigenvalue weighted by Crippen LogP contribution is 2.02. The van der Waals surface area contributed by atoms with Crippen LogP contribution in [0.2, 0.25) is 0 Å². The smallest absolute Gasteiger partial charge is 0.213 e. The van der Waals surface area contributed by atoms with Gasteiger partial charge in [0.05, 0.1) is 0 Å². The summed E-state index contributed by atoms with van der Waals surface area (Å²) in [6.45, 7) is 7.69. The van der Waals surface area contributed by atoms with Gasteiger partial charge >= 0.3 is 0 Å². The largest absolute Gasteiger partial charge is 0.225 e. The number of pyridine rings is 1. The minimum atomic E-state index is -0.405. The molecule has 1 rings (SSSR count). The molecule has 11 heavy (non-hydrogen) atoms. The van der Waals surface area contributed by atoms with Crippen molar-refractivity contribution in [2.24, 2.45) is 0 Å². The Morgan fingerprint density at radius 2 is 1.73 bits per heavy atom. The van der Waals surface area contributed by atoms with Crippen LogP contribution < -0.4 is 0 Å². The molecule has 1 heterocycles. The minimum Gasteiger partial charge on any atom is -0.225 e. The molecule has 1 aromatic heterocycles. The average molecular weight is 155 g/mol. The van der Waals surface area contributed by atoms with Crippen molar-refractivity contribution < 1.29 is 4.39 Å². The number of nitrogens with zero attached hydrogens (tertiary/aromatic N) is 1. The zero-order valence-electron chi connectivity index (χ0n) is 7.48. The van der Waals surface area contributed by atoms with E-state index in [1.807, 2.05) is 20.8 Å². The molecule has 0 radical (unpaired) electrons. The second kappa shape index (κ2) is 4.83. The molecule has 0 spiro atoms. The Morgan fingerprint density at radius 3 is 2.09 bits per heavy atom. The number of hydrogen-bond donors (Lipinski definition) is 0. The van der Waals surface area contributed by atoms with E-state index < -0.39 is 5.95 Å². The van der Waals surface area contributed by atoms with E-state index in [9.17, 15) is 4.39 Å². The van der Waals surface area contributed by atoms with Gasteiger partial charge < -0.3 is 0 Å². The summed E-state index contributed by atoms with van der Waals surface area (Å²) in [5.74, 6) is -0.405. The van der Waals surface area contributed by atoms with Gasteiger partial charge in [0.25, 0.3) is 0 Å². The summed E-state index contributed by atoms with van der Waals surface area (Å²) in [7, 11) is 0. The lowest BCUT2D eigenvalue weighted by atomic mass is 10.2. The summed E-state index contributed by atoms with van der Waals surface area (Å²) in [5, 5.41) is 0. The van der Waals surface area contributed by atoms with Crippen LogP contribution in [0.25, 0.3) is 0 Å². The SMILES string of the molecule is CC.Cc1ccc(F)nc1C. The van der Waals surface area contributed by atoms with Crippen LogP contribution in [-0.2, 0) is 0 Å². The van der Waals surface area contributed by atoms with Crippen molar-refractivity contribution in [3.05, 3.63) is 29.3 Å². The molecule has 1 aromatic rings. The van der Waals surface area contributed by atoms with Crippen LogP contribution in [-0.4, -0.2) is 4.98 Å². The van der Waals surface area contributed by atoms with Gasteiger partial charge in [-0.15, -0.1) is 0 Å². The van der Waals surface area contributed by atoms with E-state index >= 15 is 0 Å². The maximum absolute atomic E-state index is 12.2. The molecule has 0 aliphatic heterocycles. The maximum atomic E-state index is 12.2. The molecule has 0 bridgehead atoms. The van der Waals surface area contributed by atoms with Gasteiger partial charge in [0.1, 0.15) is 0 Å². The highest BCUT2D eigenvalue weighted by Gasteiger charge is 1.93. The summed E-state index contributed by atoms with van der Waals surface area (Å²) in [5.41, 5.74) is 1.78. The van der Waals surface area contributed by atoms with Crippen molar-refractivity contribution >= 4 is 0 Å². The van der Waals surface area contributed by atoms with Crippen molar-refractivity contribution in [3.63, 3.8) is 0 Å². The van der Waals surface area contributed by atoms with Gasteiger partial charge in [-0.2, -0.15) is 4.39 Å². The minimum absolute atomic E-state index is 0.405. The second-order valence-electron chi connectivity index (χ2n) is 2.04. The van der Waals surface area contributed by atoms with E-state index in [0.29, 0.717) is 0 Å². The predicted octanol–water partition coefficient (Wildman–Crippen LogP) is 2.86. The molecule has 1 nitrogen and oxygen atoms in total. The standard InChI is InChI=1S/C7H8FN.C2H6/c1-5-3-4-7(8)9-6(5)2;1-2/h3-4H,1-2H3;1-2H3. The zero-order chi connectivity index (χ0) is 8.85. The third-order valence-electron chi connectivity index (χ3n) is 1.32. The Balaban J connectivity index is 0.000000461. The van der Waals surface area contributed by atoms with Crippen LogP contribution in [0.15, 0.2) is 12.1 Å². The summed E-state index contributed by atoms with van der Waals surface area (Å²) < 4.78 is 12.2. The van der Waals surface area contributed by atoms with Crippen LogP contribution in [0.3, 0.4) is 0 Å². The van der Waals surface area contributed by atoms with E-state index in [4.69, 9.17) is 0 Å². The average Bonchev–Trinajstić information content (AvgIpc) is 2.02. The fourth-order valence-electron chi connectivity index (χ4n) is 0.600. The Bertz CT molecular complexity index is 221. The third-order valence-corrected chi connectivity index (χ3v) is 1.32. The molecule has 2 heteroatoms. The monoisotopic (exact) mass is 155 g/mol. The summed E-state index contributed by atoms with van der Waals surface area (Å²) in [6.07, 6.45) is 0. The van der Waals surface area contributed by atoms with Crippen molar-refractivity contribution in [2.75, 3.05) is 0 Å². The van der Waals surface area contributed by atoms with Crippen molar-refractivity contribution in [1.82, 2.24) is 4.98 Å². The quantitative estimate of drug-likeness (QED) is 0.525. The molecule has 0 fully saturated rings. The summed E-state index contributed by atoms with van der Waals surface area (Å²) >= 11 is 0. The van der Waals surface area contributed by atoms with Gasteiger partial charge in [-0.25, -0.2) is 4.98 Å². The van der Waals surface area contributed by atoms with Gasteiger partial charge in [-0.05, 0) is 25.5 Å². The Labute approximate surface area is 67.3 Å². The molecule has 0 unspecified atom stereocenters. The molecule has 0 saturated carbocycles. The van der Waals surface area contributed by atoms with Crippen molar-refractivity contribution in [2.45, 2.75) is 27.7 Å². The summed E-state index contributed by atoms with van der Waals surface area (Å²) in [4.78, 5) is 3.61. The number of hydrogen-bond acceptors (Lipinski definition) is 1. The van der Waals surface area contributed by atoms with Gasteiger partial charge in [-0.3, -0.25) is 0 Å². The predicted molar refractivity (Wildman–Crippen MR) is 45.0 cm³/mol. The lowest BCUT2D eigenvalue weighted by Gasteiger charge is -1.95. The van der Waals surface area contributed by atoms with E-state index in [1.54, 1.807) is 13.0 Å². The summed E-state index contributed by atoms with van der Waals surface area (Å²) in [6, 6.07) is 3.08. The number of halogens is 1. The van der Waals surface area contributed by atoms with E-state index in [-0.39, 0.29) is 0 Å². The fraction of sp³-hybridized carbons (Fsp3) is 0.444. The molecule has 0 aliphatic carbocycles. The van der Waals surface area contributed by atoms with Crippen molar-refractivity contribution in [3.8, 4) is 0 Å². The number of aromatic nitrogens is 1. The maximum Gasteiger partial charge on any atom is 0.213 e. The Morgan fingerprint density at radius 1 is 1.18 bits per heavy atom. The molecule has 0 aromatic carbocycles.